The SMILES string of the molecule is CCN(Cc1nc2cc(Cl)ccc2c(=O)[nH]1)C(=O)C1CC1. The van der Waals surface area contributed by atoms with Crippen LogP contribution in [0.3, 0.4) is 0 Å². The zero-order valence-electron chi connectivity index (χ0n) is 11.7. The molecule has 0 radical (unpaired) electrons. The number of halogens is 1. The zero-order valence-corrected chi connectivity index (χ0v) is 12.5. The van der Waals surface area contributed by atoms with Crippen molar-refractivity contribution in [2.24, 2.45) is 5.92 Å². The lowest BCUT2D eigenvalue weighted by Crippen LogP contribution is -2.33. The van der Waals surface area contributed by atoms with Crippen LogP contribution in [0.1, 0.15) is 25.6 Å². The van der Waals surface area contributed by atoms with Gasteiger partial charge in [0.15, 0.2) is 0 Å². The highest BCUT2D eigenvalue weighted by molar-refractivity contribution is 6.31. The summed E-state index contributed by atoms with van der Waals surface area (Å²) in [5, 5.41) is 1.03. The third kappa shape index (κ3) is 2.93. The van der Waals surface area contributed by atoms with Gasteiger partial charge in [-0.2, -0.15) is 0 Å². The maximum Gasteiger partial charge on any atom is 0.258 e. The van der Waals surface area contributed by atoms with E-state index in [1.807, 2.05) is 6.92 Å². The molecule has 6 heteroatoms. The topological polar surface area (TPSA) is 66.1 Å². The van der Waals surface area contributed by atoms with Gasteiger partial charge in [-0.15, -0.1) is 0 Å². The summed E-state index contributed by atoms with van der Waals surface area (Å²) in [7, 11) is 0. The molecule has 0 spiro atoms. The quantitative estimate of drug-likeness (QED) is 0.943. The van der Waals surface area contributed by atoms with Crippen molar-refractivity contribution < 1.29 is 4.79 Å². The predicted molar refractivity (Wildman–Crippen MR) is 81.2 cm³/mol. The second-order valence-corrected chi connectivity index (χ2v) is 5.74. The molecular formula is C15H16ClN3O2. The standard InChI is InChI=1S/C15H16ClN3O2/c1-2-19(15(21)9-3-4-9)8-13-17-12-7-10(16)5-6-11(12)14(20)18-13/h5-7,9H,2-4,8H2,1H3,(H,17,18,20). The van der Waals surface area contributed by atoms with Gasteiger partial charge in [-0.1, -0.05) is 11.6 Å². The molecule has 1 fully saturated rings. The molecule has 1 aromatic carbocycles. The Bertz CT molecular complexity index is 752. The summed E-state index contributed by atoms with van der Waals surface area (Å²) in [5.41, 5.74) is 0.345. The van der Waals surface area contributed by atoms with Gasteiger partial charge >= 0.3 is 0 Å². The molecule has 0 aliphatic heterocycles. The molecule has 5 nitrogen and oxygen atoms in total. The number of hydrogen-bond donors (Lipinski definition) is 1. The number of aromatic nitrogens is 2. The molecule has 0 bridgehead atoms. The number of hydrogen-bond acceptors (Lipinski definition) is 3. The fraction of sp³-hybridized carbons (Fsp3) is 0.400. The van der Waals surface area contributed by atoms with Crippen molar-refractivity contribution in [2.45, 2.75) is 26.3 Å². The first-order valence-electron chi connectivity index (χ1n) is 7.05. The molecule has 110 valence electrons. The fourth-order valence-corrected chi connectivity index (χ4v) is 2.52. The Hall–Kier alpha value is -1.88. The molecule has 0 atom stereocenters. The van der Waals surface area contributed by atoms with Gasteiger partial charge in [0, 0.05) is 17.5 Å². The maximum absolute atomic E-state index is 12.1. The Morgan fingerprint density at radius 2 is 2.24 bits per heavy atom. The largest absolute Gasteiger partial charge is 0.335 e. The smallest absolute Gasteiger partial charge is 0.258 e. The van der Waals surface area contributed by atoms with Crippen LogP contribution in [0.25, 0.3) is 10.9 Å². The number of H-pyrrole nitrogens is 1. The monoisotopic (exact) mass is 305 g/mol. The Morgan fingerprint density at radius 1 is 1.48 bits per heavy atom. The Kier molecular flexibility index (Phi) is 3.68. The third-order valence-electron chi connectivity index (χ3n) is 3.68. The van der Waals surface area contributed by atoms with Crippen LogP contribution in [0, 0.1) is 5.92 Å². The zero-order chi connectivity index (χ0) is 15.0. The summed E-state index contributed by atoms with van der Waals surface area (Å²) >= 11 is 5.94. The minimum absolute atomic E-state index is 0.145. The Morgan fingerprint density at radius 3 is 2.90 bits per heavy atom. The summed E-state index contributed by atoms with van der Waals surface area (Å²) in [6.07, 6.45) is 1.93. The Labute approximate surface area is 126 Å². The van der Waals surface area contributed by atoms with Gasteiger partial charge in [0.25, 0.3) is 5.56 Å². The summed E-state index contributed by atoms with van der Waals surface area (Å²) in [5.74, 6) is 0.795. The number of amides is 1. The third-order valence-corrected chi connectivity index (χ3v) is 3.91. The minimum Gasteiger partial charge on any atom is -0.335 e. The van der Waals surface area contributed by atoms with Gasteiger partial charge in [0.05, 0.1) is 17.4 Å². The van der Waals surface area contributed by atoms with E-state index >= 15 is 0 Å². The van der Waals surface area contributed by atoms with Crippen LogP contribution in [0.15, 0.2) is 23.0 Å². The number of carbonyl (C=O) groups is 1. The van der Waals surface area contributed by atoms with Crippen molar-refractivity contribution in [1.29, 1.82) is 0 Å². The van der Waals surface area contributed by atoms with Gasteiger partial charge < -0.3 is 9.88 Å². The van der Waals surface area contributed by atoms with E-state index in [-0.39, 0.29) is 17.4 Å². The molecule has 0 unspecified atom stereocenters. The average Bonchev–Trinajstić information content (AvgIpc) is 3.28. The molecule has 2 aromatic rings. The molecule has 21 heavy (non-hydrogen) atoms. The molecule has 1 aliphatic rings. The van der Waals surface area contributed by atoms with Crippen LogP contribution in [0.2, 0.25) is 5.02 Å². The summed E-state index contributed by atoms with van der Waals surface area (Å²) in [6, 6.07) is 4.98. The minimum atomic E-state index is -0.207. The highest BCUT2D eigenvalue weighted by Crippen LogP contribution is 2.31. The van der Waals surface area contributed by atoms with Crippen molar-refractivity contribution in [2.75, 3.05) is 6.54 Å². The predicted octanol–water partition coefficient (Wildman–Crippen LogP) is 2.33. The van der Waals surface area contributed by atoms with Crippen LogP contribution in [0.4, 0.5) is 0 Å². The highest BCUT2D eigenvalue weighted by atomic mass is 35.5. The summed E-state index contributed by atoms with van der Waals surface area (Å²) in [4.78, 5) is 33.1. The van der Waals surface area contributed by atoms with E-state index in [4.69, 9.17) is 11.6 Å². The van der Waals surface area contributed by atoms with Crippen LogP contribution >= 0.6 is 11.6 Å². The van der Waals surface area contributed by atoms with Crippen molar-refractivity contribution in [3.63, 3.8) is 0 Å². The molecule has 1 saturated carbocycles. The second kappa shape index (κ2) is 5.48. The lowest BCUT2D eigenvalue weighted by molar-refractivity contribution is -0.133. The summed E-state index contributed by atoms with van der Waals surface area (Å²) < 4.78 is 0. The van der Waals surface area contributed by atoms with Crippen LogP contribution in [-0.2, 0) is 11.3 Å². The van der Waals surface area contributed by atoms with Gasteiger partial charge in [0.2, 0.25) is 5.91 Å². The van der Waals surface area contributed by atoms with E-state index in [1.165, 1.54) is 0 Å². The molecular weight excluding hydrogens is 290 g/mol. The van der Waals surface area contributed by atoms with Gasteiger partial charge in [-0.25, -0.2) is 4.98 Å². The van der Waals surface area contributed by atoms with Crippen LogP contribution in [-0.4, -0.2) is 27.3 Å². The van der Waals surface area contributed by atoms with E-state index in [0.717, 1.165) is 12.8 Å². The van der Waals surface area contributed by atoms with Crippen LogP contribution < -0.4 is 5.56 Å². The number of nitrogens with zero attached hydrogens (tertiary/aromatic N) is 2. The fourth-order valence-electron chi connectivity index (χ4n) is 2.35. The molecule has 1 N–H and O–H groups in total. The van der Waals surface area contributed by atoms with Crippen molar-refractivity contribution >= 4 is 28.4 Å². The maximum atomic E-state index is 12.1. The molecule has 1 amide bonds. The van der Waals surface area contributed by atoms with Gasteiger partial charge in [0.1, 0.15) is 5.82 Å². The molecule has 3 rings (SSSR count). The van der Waals surface area contributed by atoms with E-state index in [0.29, 0.717) is 34.8 Å². The number of rotatable bonds is 4. The lowest BCUT2D eigenvalue weighted by Gasteiger charge is -2.20. The first kappa shape index (κ1) is 14.1. The van der Waals surface area contributed by atoms with Crippen molar-refractivity contribution in [1.82, 2.24) is 14.9 Å². The van der Waals surface area contributed by atoms with E-state index in [2.05, 4.69) is 9.97 Å². The summed E-state index contributed by atoms with van der Waals surface area (Å²) in [6.45, 7) is 2.85. The highest BCUT2D eigenvalue weighted by Gasteiger charge is 2.33. The Balaban J connectivity index is 1.92. The van der Waals surface area contributed by atoms with Crippen molar-refractivity contribution in [3.8, 4) is 0 Å². The van der Waals surface area contributed by atoms with E-state index in [1.54, 1.807) is 23.1 Å². The first-order chi connectivity index (χ1) is 10.1. The molecule has 1 aromatic heterocycles. The van der Waals surface area contributed by atoms with Gasteiger partial charge in [-0.3, -0.25) is 9.59 Å². The van der Waals surface area contributed by atoms with Crippen molar-refractivity contribution in [3.05, 3.63) is 39.4 Å². The van der Waals surface area contributed by atoms with E-state index in [9.17, 15) is 9.59 Å². The molecule has 0 saturated heterocycles. The molecule has 1 heterocycles. The normalized spacial score (nSPS) is 14.4. The van der Waals surface area contributed by atoms with E-state index < -0.39 is 0 Å². The first-order valence-corrected chi connectivity index (χ1v) is 7.43. The number of benzene rings is 1. The van der Waals surface area contributed by atoms with Crippen LogP contribution in [0.5, 0.6) is 0 Å². The number of aromatic amines is 1. The lowest BCUT2D eigenvalue weighted by atomic mass is 10.2. The number of carbonyl (C=O) groups excluding carboxylic acids is 1. The molecule has 1 aliphatic carbocycles. The average molecular weight is 306 g/mol. The number of fused-ring (bicyclic) bond motifs is 1. The number of nitrogens with one attached hydrogen (secondary N) is 1. The second-order valence-electron chi connectivity index (χ2n) is 5.30. The van der Waals surface area contributed by atoms with Gasteiger partial charge in [-0.05, 0) is 38.0 Å².